The van der Waals surface area contributed by atoms with Gasteiger partial charge in [0.15, 0.2) is 0 Å². The van der Waals surface area contributed by atoms with Crippen LogP contribution in [0.5, 0.6) is 5.75 Å². The van der Waals surface area contributed by atoms with E-state index >= 15 is 0 Å². The van der Waals surface area contributed by atoms with Crippen molar-refractivity contribution in [3.63, 3.8) is 0 Å². The van der Waals surface area contributed by atoms with E-state index < -0.39 is 47.1 Å². The molecular formula is C40H68N12O9S. The highest BCUT2D eigenvalue weighted by atomic mass is 32.1. The second-order valence-electron chi connectivity index (χ2n) is 15.7. The van der Waals surface area contributed by atoms with Crippen molar-refractivity contribution in [2.24, 2.45) is 5.73 Å². The highest BCUT2D eigenvalue weighted by Crippen LogP contribution is 2.13. The van der Waals surface area contributed by atoms with Gasteiger partial charge in [0.05, 0.1) is 0 Å². The predicted molar refractivity (Wildman–Crippen MR) is 235 cm³/mol. The number of phenolic OH excluding ortho intramolecular Hbond substituents is 1. The van der Waals surface area contributed by atoms with Gasteiger partial charge in [0.2, 0.25) is 35.4 Å². The molecule has 2 unspecified atom stereocenters. The number of nitrogens with two attached hydrogens (primary N) is 1. The maximum Gasteiger partial charge on any atom is 0.303 e. The van der Waals surface area contributed by atoms with Crippen molar-refractivity contribution in [3.05, 3.63) is 29.8 Å². The third-order valence-electron chi connectivity index (χ3n) is 10.3. The predicted octanol–water partition coefficient (Wildman–Crippen LogP) is -3.39. The van der Waals surface area contributed by atoms with Gasteiger partial charge in [0.25, 0.3) is 0 Å². The molecule has 1 aromatic rings. The Labute approximate surface area is 368 Å². The van der Waals surface area contributed by atoms with Crippen LogP contribution in [-0.2, 0) is 40.0 Å². The first-order valence-electron chi connectivity index (χ1n) is 21.4. The summed E-state index contributed by atoms with van der Waals surface area (Å²) in [7, 11) is 0. The molecule has 1 aromatic carbocycles. The van der Waals surface area contributed by atoms with Gasteiger partial charge in [-0.15, -0.1) is 0 Å². The number of aliphatic carboxylic acids is 1. The quantitative estimate of drug-likeness (QED) is 0.0377. The molecule has 21 nitrogen and oxygen atoms in total. The standard InChI is InChI=1S/C40H68N12O9S/c41-37(60)31(23-62)50-32(54)6-2-1-3-15-46-38(61)30(22-28-11-13-29(53)14-12-28)49-33(55)7-4-8-34(56)51-39-24-42-16-18-44-26-40(48-21-20-47-39,27-45-19-17-43-25-39)52-35(57)9-5-10-36(58)59/h11-14,30-31,42-45,47-48,53,62H,1-10,15-27H2,(H2,41,60)(H,46,61)(H,49,55)(H,50,54)(H,51,56)(H,52,57)(H,58,59). The largest absolute Gasteiger partial charge is 0.508 e. The van der Waals surface area contributed by atoms with Crippen LogP contribution in [0.3, 0.4) is 0 Å². The van der Waals surface area contributed by atoms with E-state index in [0.717, 1.165) is 5.56 Å². The summed E-state index contributed by atoms with van der Waals surface area (Å²) in [6.45, 7) is 5.01. The molecule has 2 fully saturated rings. The number of carboxylic acids is 1. The first-order valence-corrected chi connectivity index (χ1v) is 22.1. The van der Waals surface area contributed by atoms with Gasteiger partial charge in [-0.1, -0.05) is 18.6 Å². The molecule has 348 valence electrons. The second kappa shape index (κ2) is 28.2. The molecule has 62 heavy (non-hydrogen) atoms. The van der Waals surface area contributed by atoms with Crippen LogP contribution in [0.1, 0.15) is 69.8 Å². The van der Waals surface area contributed by atoms with Crippen molar-refractivity contribution in [1.82, 2.24) is 58.5 Å². The van der Waals surface area contributed by atoms with Crippen LogP contribution in [0.25, 0.3) is 0 Å². The zero-order valence-electron chi connectivity index (χ0n) is 35.5. The fraction of sp³-hybridized carbons (Fsp3) is 0.675. The zero-order valence-corrected chi connectivity index (χ0v) is 36.4. The summed E-state index contributed by atoms with van der Waals surface area (Å²) in [6, 6.07) is 4.57. The highest BCUT2D eigenvalue weighted by Gasteiger charge is 2.35. The van der Waals surface area contributed by atoms with Crippen LogP contribution >= 0.6 is 12.6 Å². The molecular weight excluding hydrogens is 825 g/mol. The van der Waals surface area contributed by atoms with Crippen LogP contribution in [0.2, 0.25) is 0 Å². The molecule has 2 saturated heterocycles. The Balaban J connectivity index is 1.54. The number of benzene rings is 1. The minimum Gasteiger partial charge on any atom is -0.508 e. The summed E-state index contributed by atoms with van der Waals surface area (Å²) >= 11 is 4.02. The van der Waals surface area contributed by atoms with Crippen molar-refractivity contribution in [1.29, 1.82) is 0 Å². The van der Waals surface area contributed by atoms with Gasteiger partial charge in [-0.25, -0.2) is 0 Å². The molecule has 15 N–H and O–H groups in total. The number of carboxylic acid groups (broad SMARTS) is 1. The monoisotopic (exact) mass is 892 g/mol. The van der Waals surface area contributed by atoms with Crippen molar-refractivity contribution in [2.45, 2.75) is 94.0 Å². The molecule has 6 amide bonds. The van der Waals surface area contributed by atoms with Gasteiger partial charge in [0.1, 0.15) is 29.2 Å². The molecule has 0 radical (unpaired) electrons. The number of fused-ring (bicyclic) bond motifs is 5. The van der Waals surface area contributed by atoms with Crippen LogP contribution in [-0.4, -0.2) is 153 Å². The fourth-order valence-electron chi connectivity index (χ4n) is 7.01. The molecule has 2 atom stereocenters. The van der Waals surface area contributed by atoms with E-state index in [1.165, 1.54) is 12.1 Å². The van der Waals surface area contributed by atoms with E-state index in [1.807, 2.05) is 0 Å². The summed E-state index contributed by atoms with van der Waals surface area (Å²) in [5.74, 6) is -3.09. The van der Waals surface area contributed by atoms with Crippen LogP contribution in [0.15, 0.2) is 24.3 Å². The summed E-state index contributed by atoms with van der Waals surface area (Å²) in [5.41, 5.74) is 4.21. The first-order chi connectivity index (χ1) is 29.7. The normalized spacial score (nSPS) is 20.8. The summed E-state index contributed by atoms with van der Waals surface area (Å²) in [6.07, 6.45) is 2.53. The average molecular weight is 893 g/mol. The molecule has 2 aliphatic rings. The maximum atomic E-state index is 13.5. The Kier molecular flexibility index (Phi) is 23.5. The Morgan fingerprint density at radius 3 is 1.58 bits per heavy atom. The molecule has 0 aromatic heterocycles. The van der Waals surface area contributed by atoms with Gasteiger partial charge in [-0.05, 0) is 43.4 Å². The number of rotatable bonds is 23. The number of aromatic hydroxyl groups is 1. The fourth-order valence-corrected chi connectivity index (χ4v) is 7.28. The number of hydrogen-bond donors (Lipinski definition) is 15. The Morgan fingerprint density at radius 2 is 1.10 bits per heavy atom. The van der Waals surface area contributed by atoms with E-state index in [4.69, 9.17) is 10.8 Å². The van der Waals surface area contributed by atoms with Gasteiger partial charge in [-0.2, -0.15) is 12.6 Å². The lowest BCUT2D eigenvalue weighted by Gasteiger charge is -2.41. The van der Waals surface area contributed by atoms with Crippen molar-refractivity contribution < 1.29 is 43.8 Å². The Morgan fingerprint density at radius 1 is 0.629 bits per heavy atom. The van der Waals surface area contributed by atoms with Crippen molar-refractivity contribution in [2.75, 3.05) is 77.7 Å². The van der Waals surface area contributed by atoms with Gasteiger partial charge >= 0.3 is 5.97 Å². The third-order valence-corrected chi connectivity index (χ3v) is 10.7. The lowest BCUT2D eigenvalue weighted by molar-refractivity contribution is -0.137. The second-order valence-corrected chi connectivity index (χ2v) is 16.1. The van der Waals surface area contributed by atoms with Gasteiger partial charge in [0, 0.05) is 116 Å². The molecule has 22 heteroatoms. The molecule has 3 rings (SSSR count). The molecule has 2 heterocycles. The van der Waals surface area contributed by atoms with Crippen molar-refractivity contribution >= 4 is 54.0 Å². The molecule has 0 saturated carbocycles. The number of carbonyl (C=O) groups is 7. The first kappa shape index (κ1) is 51.8. The summed E-state index contributed by atoms with van der Waals surface area (Å²) < 4.78 is 0. The van der Waals surface area contributed by atoms with Gasteiger partial charge < -0.3 is 63.8 Å². The molecule has 0 spiro atoms. The van der Waals surface area contributed by atoms with Gasteiger partial charge in [-0.3, -0.25) is 44.2 Å². The topological polar surface area (TPSA) is 318 Å². The number of primary amides is 1. The maximum absolute atomic E-state index is 13.5. The molecule has 2 bridgehead atoms. The Hall–Kier alpha value is -4.58. The summed E-state index contributed by atoms with van der Waals surface area (Å²) in [5, 5.41) is 53.8. The van der Waals surface area contributed by atoms with E-state index in [2.05, 4.69) is 71.1 Å². The minimum absolute atomic E-state index is 0.0129. The number of phenols is 1. The number of carbonyl (C=O) groups excluding carboxylic acids is 6. The zero-order chi connectivity index (χ0) is 45.2. The van der Waals surface area contributed by atoms with Crippen LogP contribution < -0.4 is 64.2 Å². The summed E-state index contributed by atoms with van der Waals surface area (Å²) in [4.78, 5) is 87.4. The molecule has 2 aliphatic heterocycles. The molecule has 0 aliphatic carbocycles. The highest BCUT2D eigenvalue weighted by molar-refractivity contribution is 7.80. The van der Waals surface area contributed by atoms with Crippen molar-refractivity contribution in [3.8, 4) is 5.75 Å². The smallest absolute Gasteiger partial charge is 0.303 e. The van der Waals surface area contributed by atoms with Crippen LogP contribution in [0.4, 0.5) is 0 Å². The van der Waals surface area contributed by atoms with E-state index in [0.29, 0.717) is 91.3 Å². The number of hydrogen-bond acceptors (Lipinski definition) is 15. The average Bonchev–Trinajstić information content (AvgIpc) is 3.21. The lowest BCUT2D eigenvalue weighted by atomic mass is 10.0. The number of thiol groups is 1. The van der Waals surface area contributed by atoms with E-state index in [1.54, 1.807) is 12.1 Å². The Bertz CT molecular complexity index is 1590. The number of unbranched alkanes of at least 4 members (excludes halogenated alkanes) is 2. The van der Waals surface area contributed by atoms with E-state index in [9.17, 15) is 38.7 Å². The third kappa shape index (κ3) is 20.5. The van der Waals surface area contributed by atoms with E-state index in [-0.39, 0.29) is 80.6 Å². The lowest BCUT2D eigenvalue weighted by Crippen LogP contribution is -2.73. The minimum atomic E-state index is -0.953. The number of amides is 6. The van der Waals surface area contributed by atoms with Crippen LogP contribution in [0, 0.1) is 0 Å². The number of nitrogens with one attached hydrogen (secondary N) is 11. The SMILES string of the molecule is NC(=O)C(CS)NC(=O)CCCCCNC(=O)C(Cc1ccc(O)cc1)NC(=O)CCCC(=O)NC12CNCCNCC(NC(=O)CCCC(=O)O)(CNCCNC1)NCCN2.